The number of nitrogens with one attached hydrogen (secondary N) is 1. The number of hydrogen-bond donors (Lipinski definition) is 1. The molecule has 0 spiro atoms. The Labute approximate surface area is 95.7 Å². The third kappa shape index (κ3) is 4.69. The molecule has 0 aliphatic rings. The summed E-state index contributed by atoms with van der Waals surface area (Å²) in [6.45, 7) is 3.58. The van der Waals surface area contributed by atoms with Gasteiger partial charge >= 0.3 is 0 Å². The third-order valence-corrected chi connectivity index (χ3v) is 2.40. The Balaban J connectivity index is 2.32. The van der Waals surface area contributed by atoms with E-state index in [2.05, 4.69) is 12.2 Å². The molecule has 0 saturated heterocycles. The van der Waals surface area contributed by atoms with Gasteiger partial charge in [0.05, 0.1) is 13.2 Å². The van der Waals surface area contributed by atoms with Crippen LogP contribution in [0.1, 0.15) is 25.5 Å². The Morgan fingerprint density at radius 2 is 2.33 bits per heavy atom. The minimum atomic E-state index is 0.379. The lowest BCUT2D eigenvalue weighted by Gasteiger charge is -2.15. The van der Waals surface area contributed by atoms with Crippen LogP contribution in [0.25, 0.3) is 0 Å². The highest BCUT2D eigenvalue weighted by Gasteiger charge is 2.07. The van der Waals surface area contributed by atoms with Crippen LogP contribution in [0, 0.1) is 0 Å². The molecule has 0 aromatic carbocycles. The number of methoxy groups -OCH3 is 1. The fraction of sp³-hybridized carbons (Fsp3) is 0.636. The van der Waals surface area contributed by atoms with Gasteiger partial charge in [0.1, 0.15) is 5.76 Å². The third-order valence-electron chi connectivity index (χ3n) is 2.20. The van der Waals surface area contributed by atoms with E-state index in [9.17, 15) is 0 Å². The Kier molecular flexibility index (Phi) is 5.76. The molecule has 3 nitrogen and oxygen atoms in total. The van der Waals surface area contributed by atoms with Gasteiger partial charge in [-0.15, -0.1) is 0 Å². The summed E-state index contributed by atoms with van der Waals surface area (Å²) in [6, 6.07) is 4.01. The lowest BCUT2D eigenvalue weighted by molar-refractivity contribution is 0.160. The normalized spacial score (nSPS) is 13.0. The van der Waals surface area contributed by atoms with E-state index < -0.39 is 0 Å². The fourth-order valence-corrected chi connectivity index (χ4v) is 1.65. The topological polar surface area (TPSA) is 34.4 Å². The van der Waals surface area contributed by atoms with Crippen LogP contribution in [0.15, 0.2) is 16.5 Å². The molecule has 0 saturated carbocycles. The molecule has 1 aromatic rings. The maximum Gasteiger partial charge on any atom is 0.193 e. The van der Waals surface area contributed by atoms with Gasteiger partial charge in [-0.1, -0.05) is 13.3 Å². The molecule has 1 N–H and O–H groups in total. The first-order valence-electron chi connectivity index (χ1n) is 5.22. The van der Waals surface area contributed by atoms with E-state index in [4.69, 9.17) is 20.8 Å². The van der Waals surface area contributed by atoms with E-state index in [1.165, 1.54) is 0 Å². The van der Waals surface area contributed by atoms with Crippen molar-refractivity contribution in [2.75, 3.05) is 13.7 Å². The van der Waals surface area contributed by atoms with Gasteiger partial charge in [0.15, 0.2) is 5.22 Å². The van der Waals surface area contributed by atoms with Gasteiger partial charge in [0, 0.05) is 13.2 Å². The van der Waals surface area contributed by atoms with E-state index in [1.807, 2.05) is 6.07 Å². The van der Waals surface area contributed by atoms with Crippen molar-refractivity contribution in [2.45, 2.75) is 32.4 Å². The standard InChI is InChI=1S/C11H18ClNO2/c1-3-4-9(8-14-2)13-7-10-5-6-11(12)15-10/h5-6,9,13H,3-4,7-8H2,1-2H3. The summed E-state index contributed by atoms with van der Waals surface area (Å²) in [7, 11) is 1.72. The van der Waals surface area contributed by atoms with Crippen LogP contribution in [0.4, 0.5) is 0 Å². The van der Waals surface area contributed by atoms with Crippen LogP contribution in [-0.2, 0) is 11.3 Å². The quantitative estimate of drug-likeness (QED) is 0.784. The van der Waals surface area contributed by atoms with Crippen molar-refractivity contribution in [1.82, 2.24) is 5.32 Å². The minimum Gasteiger partial charge on any atom is -0.448 e. The zero-order chi connectivity index (χ0) is 11.1. The number of hydrogen-bond acceptors (Lipinski definition) is 3. The molecule has 1 atom stereocenters. The summed E-state index contributed by atoms with van der Waals surface area (Å²) in [5.74, 6) is 0.859. The van der Waals surface area contributed by atoms with Crippen molar-refractivity contribution in [3.63, 3.8) is 0 Å². The van der Waals surface area contributed by atoms with Gasteiger partial charge in [-0.05, 0) is 30.2 Å². The molecule has 4 heteroatoms. The maximum absolute atomic E-state index is 5.68. The smallest absolute Gasteiger partial charge is 0.193 e. The average Bonchev–Trinajstić information content (AvgIpc) is 2.61. The van der Waals surface area contributed by atoms with Crippen LogP contribution < -0.4 is 5.32 Å². The average molecular weight is 232 g/mol. The van der Waals surface area contributed by atoms with Crippen LogP contribution in [0.3, 0.4) is 0 Å². The lowest BCUT2D eigenvalue weighted by Crippen LogP contribution is -2.32. The summed E-state index contributed by atoms with van der Waals surface area (Å²) in [4.78, 5) is 0. The van der Waals surface area contributed by atoms with Crippen molar-refractivity contribution in [3.05, 3.63) is 23.1 Å². The highest BCUT2D eigenvalue weighted by atomic mass is 35.5. The molecule has 0 amide bonds. The SMILES string of the molecule is CCCC(COC)NCc1ccc(Cl)o1. The first-order valence-corrected chi connectivity index (χ1v) is 5.60. The van der Waals surface area contributed by atoms with Gasteiger partial charge in [-0.3, -0.25) is 0 Å². The predicted octanol–water partition coefficient (Wildman–Crippen LogP) is 2.84. The molecule has 1 unspecified atom stereocenters. The van der Waals surface area contributed by atoms with Gasteiger partial charge in [0.25, 0.3) is 0 Å². The molecule has 0 fully saturated rings. The molecule has 0 aliphatic heterocycles. The van der Waals surface area contributed by atoms with Crippen molar-refractivity contribution in [3.8, 4) is 0 Å². The maximum atomic E-state index is 5.68. The monoisotopic (exact) mass is 231 g/mol. The highest BCUT2D eigenvalue weighted by molar-refractivity contribution is 6.28. The van der Waals surface area contributed by atoms with E-state index in [0.29, 0.717) is 17.8 Å². The Morgan fingerprint density at radius 3 is 2.87 bits per heavy atom. The van der Waals surface area contributed by atoms with Crippen LogP contribution in [-0.4, -0.2) is 19.8 Å². The molecule has 0 radical (unpaired) electrons. The second-order valence-electron chi connectivity index (χ2n) is 3.53. The summed E-state index contributed by atoms with van der Waals surface area (Å²) in [6.07, 6.45) is 2.24. The van der Waals surface area contributed by atoms with E-state index >= 15 is 0 Å². The van der Waals surface area contributed by atoms with Crippen molar-refractivity contribution in [2.24, 2.45) is 0 Å². The van der Waals surface area contributed by atoms with Gasteiger partial charge in [-0.25, -0.2) is 0 Å². The van der Waals surface area contributed by atoms with E-state index in [-0.39, 0.29) is 0 Å². The molecule has 1 rings (SSSR count). The Morgan fingerprint density at radius 1 is 1.53 bits per heavy atom. The van der Waals surface area contributed by atoms with Crippen LogP contribution in [0.5, 0.6) is 0 Å². The number of rotatable bonds is 7. The zero-order valence-electron chi connectivity index (χ0n) is 9.25. The van der Waals surface area contributed by atoms with Gasteiger partial charge in [-0.2, -0.15) is 0 Å². The predicted molar refractivity (Wildman–Crippen MR) is 61.1 cm³/mol. The molecule has 1 aromatic heterocycles. The van der Waals surface area contributed by atoms with Crippen molar-refractivity contribution < 1.29 is 9.15 Å². The largest absolute Gasteiger partial charge is 0.448 e. The molecule has 1 heterocycles. The zero-order valence-corrected chi connectivity index (χ0v) is 10.0. The van der Waals surface area contributed by atoms with Crippen LogP contribution in [0.2, 0.25) is 5.22 Å². The van der Waals surface area contributed by atoms with E-state index in [0.717, 1.165) is 25.2 Å². The van der Waals surface area contributed by atoms with Crippen molar-refractivity contribution >= 4 is 11.6 Å². The first kappa shape index (κ1) is 12.6. The Bertz CT molecular complexity index is 269. The first-order chi connectivity index (χ1) is 7.26. The van der Waals surface area contributed by atoms with Gasteiger partial charge in [0.2, 0.25) is 0 Å². The second-order valence-corrected chi connectivity index (χ2v) is 3.90. The van der Waals surface area contributed by atoms with Crippen molar-refractivity contribution in [1.29, 1.82) is 0 Å². The highest BCUT2D eigenvalue weighted by Crippen LogP contribution is 2.13. The van der Waals surface area contributed by atoms with E-state index in [1.54, 1.807) is 13.2 Å². The summed E-state index contributed by atoms with van der Waals surface area (Å²) >= 11 is 5.68. The minimum absolute atomic E-state index is 0.379. The number of ether oxygens (including phenoxy) is 1. The summed E-state index contributed by atoms with van der Waals surface area (Å²) in [5.41, 5.74) is 0. The molecular formula is C11H18ClNO2. The second kappa shape index (κ2) is 6.88. The molecular weight excluding hydrogens is 214 g/mol. The summed E-state index contributed by atoms with van der Waals surface area (Å²) in [5, 5.41) is 3.81. The van der Waals surface area contributed by atoms with Gasteiger partial charge < -0.3 is 14.5 Å². The molecule has 86 valence electrons. The number of halogens is 1. The fourth-order valence-electron chi connectivity index (χ4n) is 1.49. The number of furan rings is 1. The molecule has 0 aliphatic carbocycles. The molecule has 0 bridgehead atoms. The summed E-state index contributed by atoms with van der Waals surface area (Å²) < 4.78 is 10.4. The molecule has 15 heavy (non-hydrogen) atoms. The Hall–Kier alpha value is -0.510. The van der Waals surface area contributed by atoms with Crippen LogP contribution >= 0.6 is 11.6 Å². The lowest BCUT2D eigenvalue weighted by atomic mass is 10.2.